The van der Waals surface area contributed by atoms with E-state index in [0.717, 1.165) is 21.5 Å². The predicted molar refractivity (Wildman–Crippen MR) is 95.2 cm³/mol. The second kappa shape index (κ2) is 7.75. The summed E-state index contributed by atoms with van der Waals surface area (Å²) >= 11 is 9.66. The van der Waals surface area contributed by atoms with Crippen molar-refractivity contribution in [2.24, 2.45) is 0 Å². The van der Waals surface area contributed by atoms with E-state index < -0.39 is 0 Å². The van der Waals surface area contributed by atoms with Gasteiger partial charge in [-0.2, -0.15) is 0 Å². The molecule has 0 unspecified atom stereocenters. The van der Waals surface area contributed by atoms with E-state index >= 15 is 0 Å². The molecule has 1 N–H and O–H groups in total. The summed E-state index contributed by atoms with van der Waals surface area (Å²) in [6, 6.07) is 11.7. The molecule has 0 saturated carbocycles. The fraction of sp³-hybridized carbons (Fsp3) is 0.294. The molecule has 0 radical (unpaired) electrons. The third-order valence-electron chi connectivity index (χ3n) is 3.01. The minimum Gasteiger partial charge on any atom is -0.495 e. The van der Waals surface area contributed by atoms with Crippen molar-refractivity contribution in [1.29, 1.82) is 0 Å². The van der Waals surface area contributed by atoms with Gasteiger partial charge in [0.25, 0.3) is 0 Å². The molecule has 22 heavy (non-hydrogen) atoms. The van der Waals surface area contributed by atoms with Gasteiger partial charge < -0.3 is 14.8 Å². The van der Waals surface area contributed by atoms with Crippen molar-refractivity contribution >= 4 is 33.2 Å². The maximum atomic E-state index is 6.12. The SMILES string of the molecule is COc1ccc(NCc2ccc(OC(C)C)c(Br)c2)cc1Cl. The van der Waals surface area contributed by atoms with Crippen molar-refractivity contribution in [2.75, 3.05) is 12.4 Å². The first kappa shape index (κ1) is 17.0. The first-order valence-electron chi connectivity index (χ1n) is 7.02. The number of benzene rings is 2. The van der Waals surface area contributed by atoms with Crippen LogP contribution in [0.5, 0.6) is 11.5 Å². The molecule has 0 amide bonds. The summed E-state index contributed by atoms with van der Waals surface area (Å²) in [6.45, 7) is 4.72. The quantitative estimate of drug-likeness (QED) is 0.712. The molecular weight excluding hydrogens is 366 g/mol. The zero-order valence-electron chi connectivity index (χ0n) is 12.8. The van der Waals surface area contributed by atoms with Crippen LogP contribution in [0.2, 0.25) is 5.02 Å². The lowest BCUT2D eigenvalue weighted by Gasteiger charge is -2.13. The van der Waals surface area contributed by atoms with Gasteiger partial charge in [-0.1, -0.05) is 17.7 Å². The Morgan fingerprint density at radius 3 is 2.45 bits per heavy atom. The van der Waals surface area contributed by atoms with E-state index in [1.807, 2.05) is 44.2 Å². The van der Waals surface area contributed by atoms with Gasteiger partial charge in [-0.25, -0.2) is 0 Å². The highest BCUT2D eigenvalue weighted by Crippen LogP contribution is 2.29. The maximum absolute atomic E-state index is 6.12. The molecule has 0 aromatic heterocycles. The molecule has 0 atom stereocenters. The van der Waals surface area contributed by atoms with Crippen LogP contribution in [0.4, 0.5) is 5.69 Å². The summed E-state index contributed by atoms with van der Waals surface area (Å²) in [4.78, 5) is 0. The minimum atomic E-state index is 0.154. The molecule has 0 aliphatic rings. The van der Waals surface area contributed by atoms with Gasteiger partial charge in [0.15, 0.2) is 0 Å². The van der Waals surface area contributed by atoms with Crippen LogP contribution >= 0.6 is 27.5 Å². The van der Waals surface area contributed by atoms with Crippen molar-refractivity contribution in [3.05, 3.63) is 51.5 Å². The Morgan fingerprint density at radius 2 is 1.86 bits per heavy atom. The number of rotatable bonds is 6. The van der Waals surface area contributed by atoms with Crippen LogP contribution in [-0.2, 0) is 6.54 Å². The van der Waals surface area contributed by atoms with E-state index in [4.69, 9.17) is 21.1 Å². The fourth-order valence-electron chi connectivity index (χ4n) is 1.98. The predicted octanol–water partition coefficient (Wildman–Crippen LogP) is 5.51. The smallest absolute Gasteiger partial charge is 0.137 e. The van der Waals surface area contributed by atoms with E-state index in [1.165, 1.54) is 0 Å². The highest BCUT2D eigenvalue weighted by Gasteiger charge is 2.06. The number of hydrogen-bond donors (Lipinski definition) is 1. The Kier molecular flexibility index (Phi) is 5.98. The highest BCUT2D eigenvalue weighted by atomic mass is 79.9. The van der Waals surface area contributed by atoms with E-state index in [9.17, 15) is 0 Å². The van der Waals surface area contributed by atoms with Crippen LogP contribution in [-0.4, -0.2) is 13.2 Å². The van der Waals surface area contributed by atoms with Crippen LogP contribution in [0.3, 0.4) is 0 Å². The molecule has 2 rings (SSSR count). The summed E-state index contributed by atoms with van der Waals surface area (Å²) in [5.74, 6) is 1.52. The van der Waals surface area contributed by atoms with E-state index in [-0.39, 0.29) is 6.10 Å². The molecule has 0 fully saturated rings. The maximum Gasteiger partial charge on any atom is 0.137 e. The average molecular weight is 385 g/mol. The van der Waals surface area contributed by atoms with E-state index in [1.54, 1.807) is 7.11 Å². The van der Waals surface area contributed by atoms with Crippen LogP contribution in [0, 0.1) is 0 Å². The Bertz CT molecular complexity index is 647. The topological polar surface area (TPSA) is 30.5 Å². The summed E-state index contributed by atoms with van der Waals surface area (Å²) in [5.41, 5.74) is 2.10. The highest BCUT2D eigenvalue weighted by molar-refractivity contribution is 9.10. The number of anilines is 1. The molecular formula is C17H19BrClNO2. The molecule has 118 valence electrons. The van der Waals surface area contributed by atoms with Crippen molar-refractivity contribution in [3.8, 4) is 11.5 Å². The number of hydrogen-bond acceptors (Lipinski definition) is 3. The number of nitrogens with one attached hydrogen (secondary N) is 1. The molecule has 0 saturated heterocycles. The monoisotopic (exact) mass is 383 g/mol. The van der Waals surface area contributed by atoms with Gasteiger partial charge in [0.1, 0.15) is 11.5 Å². The largest absolute Gasteiger partial charge is 0.495 e. The van der Waals surface area contributed by atoms with Gasteiger partial charge in [-0.3, -0.25) is 0 Å². The molecule has 0 bridgehead atoms. The van der Waals surface area contributed by atoms with Gasteiger partial charge in [0, 0.05) is 12.2 Å². The third-order valence-corrected chi connectivity index (χ3v) is 3.92. The molecule has 0 heterocycles. The van der Waals surface area contributed by atoms with Gasteiger partial charge in [0.2, 0.25) is 0 Å². The molecule has 2 aromatic carbocycles. The molecule has 0 aliphatic carbocycles. The third kappa shape index (κ3) is 4.55. The molecule has 5 heteroatoms. The van der Waals surface area contributed by atoms with E-state index in [2.05, 4.69) is 27.3 Å². The van der Waals surface area contributed by atoms with Crippen molar-refractivity contribution in [1.82, 2.24) is 0 Å². The zero-order chi connectivity index (χ0) is 16.1. The summed E-state index contributed by atoms with van der Waals surface area (Å²) in [6.07, 6.45) is 0.154. The number of halogens is 2. The van der Waals surface area contributed by atoms with Crippen LogP contribution < -0.4 is 14.8 Å². The van der Waals surface area contributed by atoms with Crippen molar-refractivity contribution in [2.45, 2.75) is 26.5 Å². The van der Waals surface area contributed by atoms with Crippen molar-refractivity contribution in [3.63, 3.8) is 0 Å². The van der Waals surface area contributed by atoms with Gasteiger partial charge in [0.05, 0.1) is 22.7 Å². The Hall–Kier alpha value is -1.39. The summed E-state index contributed by atoms with van der Waals surface area (Å²) in [7, 11) is 1.60. The number of methoxy groups -OCH3 is 1. The zero-order valence-corrected chi connectivity index (χ0v) is 15.2. The number of ether oxygens (including phenoxy) is 2. The van der Waals surface area contributed by atoms with Gasteiger partial charge in [-0.15, -0.1) is 0 Å². The standard InChI is InChI=1S/C17H19BrClNO2/c1-11(2)22-16-6-4-12(8-14(16)18)10-20-13-5-7-17(21-3)15(19)9-13/h4-9,11,20H,10H2,1-3H3. The summed E-state index contributed by atoms with van der Waals surface area (Å²) < 4.78 is 11.8. The first-order chi connectivity index (χ1) is 10.5. The van der Waals surface area contributed by atoms with Crippen LogP contribution in [0.25, 0.3) is 0 Å². The lowest BCUT2D eigenvalue weighted by Crippen LogP contribution is -2.06. The van der Waals surface area contributed by atoms with E-state index in [0.29, 0.717) is 17.3 Å². The fourth-order valence-corrected chi connectivity index (χ4v) is 2.76. The lowest BCUT2D eigenvalue weighted by molar-refractivity contribution is 0.241. The van der Waals surface area contributed by atoms with Crippen LogP contribution in [0.1, 0.15) is 19.4 Å². The molecule has 0 spiro atoms. The Balaban J connectivity index is 2.02. The summed E-state index contributed by atoms with van der Waals surface area (Å²) in [5, 5.41) is 3.93. The van der Waals surface area contributed by atoms with Gasteiger partial charge >= 0.3 is 0 Å². The second-order valence-corrected chi connectivity index (χ2v) is 6.40. The first-order valence-corrected chi connectivity index (χ1v) is 8.19. The minimum absolute atomic E-state index is 0.154. The Morgan fingerprint density at radius 1 is 1.14 bits per heavy atom. The average Bonchev–Trinajstić information content (AvgIpc) is 2.47. The van der Waals surface area contributed by atoms with Gasteiger partial charge in [-0.05, 0) is 65.7 Å². The molecule has 2 aromatic rings. The van der Waals surface area contributed by atoms with Crippen molar-refractivity contribution < 1.29 is 9.47 Å². The molecule has 3 nitrogen and oxygen atoms in total. The Labute approximate surface area is 144 Å². The molecule has 0 aliphatic heterocycles. The van der Waals surface area contributed by atoms with Crippen LogP contribution in [0.15, 0.2) is 40.9 Å². The second-order valence-electron chi connectivity index (χ2n) is 5.13. The normalized spacial score (nSPS) is 10.6. The lowest BCUT2D eigenvalue weighted by atomic mass is 10.2.